The molecule has 1 amide bonds. The Balaban J connectivity index is 1.78. The zero-order chi connectivity index (χ0) is 21.2. The number of nitrogens with two attached hydrogens (primary N) is 1. The summed E-state index contributed by atoms with van der Waals surface area (Å²) in [5, 5.41) is 0. The number of halogens is 1. The van der Waals surface area contributed by atoms with Crippen LogP contribution in [0.4, 0.5) is 9.18 Å². The molecule has 1 unspecified atom stereocenters. The summed E-state index contributed by atoms with van der Waals surface area (Å²) in [5.74, 6) is -0.629. The summed E-state index contributed by atoms with van der Waals surface area (Å²) in [6.45, 7) is 4.18. The van der Waals surface area contributed by atoms with Crippen LogP contribution in [0.3, 0.4) is 0 Å². The van der Waals surface area contributed by atoms with Gasteiger partial charge in [0.25, 0.3) is 0 Å². The highest BCUT2D eigenvalue weighted by Crippen LogP contribution is 2.38. The molecule has 0 aliphatic carbocycles. The van der Waals surface area contributed by atoms with Crippen molar-refractivity contribution < 1.29 is 22.3 Å². The van der Waals surface area contributed by atoms with Crippen molar-refractivity contribution in [2.75, 3.05) is 13.1 Å². The van der Waals surface area contributed by atoms with E-state index in [9.17, 15) is 17.6 Å². The number of amides is 1. The first-order chi connectivity index (χ1) is 13.6. The molecule has 1 aliphatic rings. The lowest BCUT2D eigenvalue weighted by Gasteiger charge is -2.47. The van der Waals surface area contributed by atoms with E-state index >= 15 is 0 Å². The average Bonchev–Trinajstić information content (AvgIpc) is 2.59. The number of rotatable bonds is 7. The molecular weight excluding hydrogens is 395 g/mol. The van der Waals surface area contributed by atoms with Crippen LogP contribution in [0, 0.1) is 17.7 Å². The van der Waals surface area contributed by atoms with Gasteiger partial charge in [0.15, 0.2) is 0 Å². The number of nitrogens with zero attached hydrogens (tertiary/aromatic N) is 1. The third-order valence-corrected chi connectivity index (χ3v) is 7.30. The van der Waals surface area contributed by atoms with Crippen LogP contribution in [0.1, 0.15) is 19.4 Å². The Morgan fingerprint density at radius 1 is 1.17 bits per heavy atom. The molecule has 0 radical (unpaired) electrons. The quantitative estimate of drug-likeness (QED) is 0.745. The Morgan fingerprint density at radius 3 is 2.31 bits per heavy atom. The molecule has 8 heteroatoms. The minimum Gasteiger partial charge on any atom is -0.443 e. The van der Waals surface area contributed by atoms with Gasteiger partial charge in [0.1, 0.15) is 11.4 Å². The summed E-state index contributed by atoms with van der Waals surface area (Å²) in [6.07, 6.45) is -0.237. The van der Waals surface area contributed by atoms with Crippen molar-refractivity contribution >= 4 is 16.1 Å². The van der Waals surface area contributed by atoms with Gasteiger partial charge in [-0.15, -0.1) is 0 Å². The Labute approximate surface area is 170 Å². The van der Waals surface area contributed by atoms with Gasteiger partial charge in [0, 0.05) is 19.0 Å². The van der Waals surface area contributed by atoms with E-state index in [2.05, 4.69) is 0 Å². The lowest BCUT2D eigenvalue weighted by Crippen LogP contribution is -2.57. The maximum Gasteiger partial charge on any atom is 0.405 e. The van der Waals surface area contributed by atoms with Gasteiger partial charge in [-0.1, -0.05) is 30.3 Å². The SMILES string of the molecule is CC(C)(OC(N)=O)C(Cc1ccccc1)C1CN(S(=O)(=O)c2ccc(F)cc2)C1. The fourth-order valence-electron chi connectivity index (χ4n) is 3.86. The smallest absolute Gasteiger partial charge is 0.405 e. The van der Waals surface area contributed by atoms with Crippen LogP contribution in [0.5, 0.6) is 0 Å². The van der Waals surface area contributed by atoms with Crippen molar-refractivity contribution in [1.82, 2.24) is 4.31 Å². The lowest BCUT2D eigenvalue weighted by atomic mass is 9.73. The minimum absolute atomic E-state index is 0.0141. The second-order valence-electron chi connectivity index (χ2n) is 7.86. The van der Waals surface area contributed by atoms with Crippen molar-refractivity contribution in [3.63, 3.8) is 0 Å². The monoisotopic (exact) mass is 420 g/mol. The fourth-order valence-corrected chi connectivity index (χ4v) is 5.41. The number of hydrogen-bond donors (Lipinski definition) is 1. The molecule has 156 valence electrons. The number of sulfonamides is 1. The predicted molar refractivity (Wildman–Crippen MR) is 107 cm³/mol. The Bertz CT molecular complexity index is 956. The molecule has 0 saturated carbocycles. The Morgan fingerprint density at radius 2 is 1.76 bits per heavy atom. The van der Waals surface area contributed by atoms with Gasteiger partial charge in [-0.25, -0.2) is 17.6 Å². The predicted octanol–water partition coefficient (Wildman–Crippen LogP) is 3.18. The van der Waals surface area contributed by atoms with E-state index in [0.29, 0.717) is 19.5 Å². The van der Waals surface area contributed by atoms with Crippen molar-refractivity contribution in [3.05, 3.63) is 66.0 Å². The van der Waals surface area contributed by atoms with E-state index in [0.717, 1.165) is 17.7 Å². The van der Waals surface area contributed by atoms with Crippen LogP contribution in [-0.2, 0) is 21.2 Å². The van der Waals surface area contributed by atoms with Crippen molar-refractivity contribution in [1.29, 1.82) is 0 Å². The average molecular weight is 421 g/mol. The molecule has 6 nitrogen and oxygen atoms in total. The first-order valence-electron chi connectivity index (χ1n) is 9.37. The first-order valence-corrected chi connectivity index (χ1v) is 10.8. The zero-order valence-corrected chi connectivity index (χ0v) is 17.2. The highest BCUT2D eigenvalue weighted by atomic mass is 32.2. The molecule has 1 fully saturated rings. The maximum absolute atomic E-state index is 13.1. The van der Waals surface area contributed by atoms with E-state index < -0.39 is 27.5 Å². The summed E-state index contributed by atoms with van der Waals surface area (Å²) in [7, 11) is -3.69. The second-order valence-corrected chi connectivity index (χ2v) is 9.79. The highest BCUT2D eigenvalue weighted by Gasteiger charge is 2.47. The summed E-state index contributed by atoms with van der Waals surface area (Å²) >= 11 is 0. The van der Waals surface area contributed by atoms with Crippen LogP contribution in [0.25, 0.3) is 0 Å². The van der Waals surface area contributed by atoms with E-state index in [1.54, 1.807) is 13.8 Å². The maximum atomic E-state index is 13.1. The van der Waals surface area contributed by atoms with Gasteiger partial charge in [-0.2, -0.15) is 4.31 Å². The first kappa shape index (κ1) is 21.3. The topological polar surface area (TPSA) is 89.7 Å². The molecule has 0 bridgehead atoms. The van der Waals surface area contributed by atoms with Crippen molar-refractivity contribution in [2.45, 2.75) is 30.8 Å². The molecule has 0 spiro atoms. The normalized spacial score (nSPS) is 16.8. The lowest BCUT2D eigenvalue weighted by molar-refractivity contribution is -0.0460. The van der Waals surface area contributed by atoms with E-state index in [-0.39, 0.29) is 16.7 Å². The molecule has 3 rings (SSSR count). The molecule has 1 saturated heterocycles. The van der Waals surface area contributed by atoms with Gasteiger partial charge >= 0.3 is 6.09 Å². The largest absolute Gasteiger partial charge is 0.443 e. The fraction of sp³-hybridized carbons (Fsp3) is 0.381. The highest BCUT2D eigenvalue weighted by molar-refractivity contribution is 7.89. The van der Waals surface area contributed by atoms with Gasteiger partial charge in [0.2, 0.25) is 10.0 Å². The van der Waals surface area contributed by atoms with Crippen LogP contribution >= 0.6 is 0 Å². The molecular formula is C21H25FN2O4S. The van der Waals surface area contributed by atoms with Gasteiger partial charge in [0.05, 0.1) is 4.90 Å². The third-order valence-electron chi connectivity index (χ3n) is 5.45. The van der Waals surface area contributed by atoms with E-state index in [1.165, 1.54) is 16.4 Å². The molecule has 1 aliphatic heterocycles. The number of benzene rings is 2. The molecule has 1 atom stereocenters. The zero-order valence-electron chi connectivity index (χ0n) is 16.4. The van der Waals surface area contributed by atoms with E-state index in [1.807, 2.05) is 30.3 Å². The summed E-state index contributed by atoms with van der Waals surface area (Å²) < 4.78 is 45.4. The molecule has 29 heavy (non-hydrogen) atoms. The van der Waals surface area contributed by atoms with Crippen LogP contribution < -0.4 is 5.73 Å². The van der Waals surface area contributed by atoms with Crippen LogP contribution in [0.15, 0.2) is 59.5 Å². The standard InChI is InChI=1S/C21H25FN2O4S/c1-21(2,28-20(23)25)19(12-15-6-4-3-5-7-15)16-13-24(14-16)29(26,27)18-10-8-17(22)9-11-18/h3-11,16,19H,12-14H2,1-2H3,(H2,23,25). The minimum atomic E-state index is -3.69. The Hall–Kier alpha value is -2.45. The second kappa shape index (κ2) is 8.12. The van der Waals surface area contributed by atoms with Crippen LogP contribution in [-0.4, -0.2) is 37.5 Å². The third kappa shape index (κ3) is 4.76. The van der Waals surface area contributed by atoms with Gasteiger partial charge < -0.3 is 10.5 Å². The molecule has 2 aromatic rings. The van der Waals surface area contributed by atoms with Crippen molar-refractivity contribution in [2.24, 2.45) is 17.6 Å². The number of carbonyl (C=O) groups excluding carboxylic acids is 1. The van der Waals surface area contributed by atoms with E-state index in [4.69, 9.17) is 10.5 Å². The summed E-state index contributed by atoms with van der Waals surface area (Å²) in [6, 6.07) is 14.5. The number of hydrogen-bond acceptors (Lipinski definition) is 4. The molecule has 2 N–H and O–H groups in total. The van der Waals surface area contributed by atoms with Gasteiger partial charge in [-0.3, -0.25) is 0 Å². The number of primary amides is 1. The van der Waals surface area contributed by atoms with Gasteiger partial charge in [-0.05, 0) is 56.0 Å². The molecule has 1 heterocycles. The number of carbonyl (C=O) groups is 1. The summed E-state index contributed by atoms with van der Waals surface area (Å²) in [5.41, 5.74) is 5.46. The van der Waals surface area contributed by atoms with Crippen LogP contribution in [0.2, 0.25) is 0 Å². The molecule has 0 aromatic heterocycles. The molecule has 2 aromatic carbocycles. The summed E-state index contributed by atoms with van der Waals surface area (Å²) in [4.78, 5) is 11.5. The van der Waals surface area contributed by atoms with Crippen molar-refractivity contribution in [3.8, 4) is 0 Å². The Kier molecular flexibility index (Phi) is 5.95. The number of ether oxygens (including phenoxy) is 1.